The molecular weight excluding hydrogens is 594 g/mol. The molecule has 5 rings (SSSR count). The zero-order valence-corrected chi connectivity index (χ0v) is 26.8. The lowest BCUT2D eigenvalue weighted by Crippen LogP contribution is -2.58. The lowest BCUT2D eigenvalue weighted by Gasteiger charge is -2.34. The third-order valence-corrected chi connectivity index (χ3v) is 9.43. The number of rotatable bonds is 9. The number of carbonyl (C=O) groups is 5. The molecule has 1 saturated heterocycles. The van der Waals surface area contributed by atoms with Crippen molar-refractivity contribution in [2.24, 2.45) is 17.3 Å². The quantitative estimate of drug-likeness (QED) is 0.343. The van der Waals surface area contributed by atoms with Crippen molar-refractivity contribution < 1.29 is 38.6 Å². The van der Waals surface area contributed by atoms with Crippen molar-refractivity contribution in [1.82, 2.24) is 25.4 Å². The molecule has 2 aliphatic carbocycles. The zero-order chi connectivity index (χ0) is 33.2. The number of hydrogen-bond donors (Lipinski definition) is 3. The molecule has 13 heteroatoms. The van der Waals surface area contributed by atoms with E-state index < -0.39 is 59.6 Å². The molecule has 5 atom stereocenters. The molecule has 3 N–H and O–H groups in total. The second-order valence-electron chi connectivity index (χ2n) is 14.2. The molecule has 4 aliphatic rings. The van der Waals surface area contributed by atoms with Gasteiger partial charge in [0.2, 0.25) is 11.8 Å². The summed E-state index contributed by atoms with van der Waals surface area (Å²) in [6.45, 7) is 10.2. The van der Waals surface area contributed by atoms with E-state index in [1.165, 1.54) is 15.9 Å². The van der Waals surface area contributed by atoms with E-state index in [-0.39, 0.29) is 37.3 Å². The number of fused-ring (bicyclic) bond motifs is 1. The first-order valence-electron chi connectivity index (χ1n) is 16.1. The van der Waals surface area contributed by atoms with Gasteiger partial charge in [0, 0.05) is 31.3 Å². The summed E-state index contributed by atoms with van der Waals surface area (Å²) >= 11 is 0. The van der Waals surface area contributed by atoms with E-state index in [4.69, 9.17) is 9.47 Å². The smallest absolute Gasteiger partial charge is 0.410 e. The van der Waals surface area contributed by atoms with Crippen LogP contribution < -0.4 is 10.6 Å². The SMILES string of the molecule is C=C[C@@H]1C[C@]1(NC(=O)[C@@H]1C[C@@H](OC(=O)N2Cc3ccncc3C2)CN1C(=O)[C@@H](NC(=O)OCC(C)(C)C)C1CCCCC1)C(=O)O. The number of pyridine rings is 1. The molecule has 0 bridgehead atoms. The molecule has 1 aromatic rings. The summed E-state index contributed by atoms with van der Waals surface area (Å²) in [5.74, 6) is -2.96. The summed E-state index contributed by atoms with van der Waals surface area (Å²) in [5.41, 5.74) is 0.0958. The minimum atomic E-state index is -1.50. The van der Waals surface area contributed by atoms with E-state index in [1.54, 1.807) is 12.4 Å². The Morgan fingerprint density at radius 3 is 2.50 bits per heavy atom. The number of carbonyl (C=O) groups excluding carboxylic acids is 4. The predicted octanol–water partition coefficient (Wildman–Crippen LogP) is 3.37. The van der Waals surface area contributed by atoms with Crippen LogP contribution in [0.1, 0.15) is 76.8 Å². The Morgan fingerprint density at radius 2 is 1.87 bits per heavy atom. The van der Waals surface area contributed by atoms with Gasteiger partial charge in [0.15, 0.2) is 0 Å². The highest BCUT2D eigenvalue weighted by Gasteiger charge is 2.61. The summed E-state index contributed by atoms with van der Waals surface area (Å²) in [7, 11) is 0. The number of nitrogens with zero attached hydrogens (tertiary/aromatic N) is 3. The number of ether oxygens (including phenoxy) is 2. The fraction of sp³-hybridized carbons (Fsp3) is 0.636. The molecule has 46 heavy (non-hydrogen) atoms. The lowest BCUT2D eigenvalue weighted by molar-refractivity contribution is -0.146. The van der Waals surface area contributed by atoms with Gasteiger partial charge in [-0.25, -0.2) is 14.4 Å². The average Bonchev–Trinajstić information content (AvgIpc) is 3.33. The predicted molar refractivity (Wildman–Crippen MR) is 165 cm³/mol. The highest BCUT2D eigenvalue weighted by molar-refractivity contribution is 5.96. The molecular formula is C33H45N5O8. The Hall–Kier alpha value is -4.16. The summed E-state index contributed by atoms with van der Waals surface area (Å²) < 4.78 is 11.3. The molecule has 0 spiro atoms. The van der Waals surface area contributed by atoms with Crippen molar-refractivity contribution in [3.63, 3.8) is 0 Å². The first-order valence-corrected chi connectivity index (χ1v) is 16.1. The largest absolute Gasteiger partial charge is 0.479 e. The Bertz CT molecular complexity index is 1350. The molecule has 4 amide bonds. The summed E-state index contributed by atoms with van der Waals surface area (Å²) in [4.78, 5) is 73.4. The summed E-state index contributed by atoms with van der Waals surface area (Å²) in [6, 6.07) is -0.240. The number of amides is 4. The van der Waals surface area contributed by atoms with Crippen LogP contribution in [0.5, 0.6) is 0 Å². The minimum absolute atomic E-state index is 0.0219. The van der Waals surface area contributed by atoms with E-state index in [0.717, 1.165) is 30.4 Å². The highest BCUT2D eigenvalue weighted by Crippen LogP contribution is 2.45. The van der Waals surface area contributed by atoms with Crippen LogP contribution in [-0.2, 0) is 36.9 Å². The maximum atomic E-state index is 14.4. The number of carboxylic acid groups (broad SMARTS) is 1. The Balaban J connectivity index is 1.35. The number of nitrogens with one attached hydrogen (secondary N) is 2. The lowest BCUT2D eigenvalue weighted by atomic mass is 9.83. The van der Waals surface area contributed by atoms with Crippen LogP contribution in [0.4, 0.5) is 9.59 Å². The van der Waals surface area contributed by atoms with Crippen molar-refractivity contribution in [2.45, 2.75) is 103 Å². The average molecular weight is 640 g/mol. The van der Waals surface area contributed by atoms with Gasteiger partial charge in [-0.3, -0.25) is 19.5 Å². The van der Waals surface area contributed by atoms with Gasteiger partial charge in [-0.05, 0) is 47.8 Å². The molecule has 2 saturated carbocycles. The molecule has 2 aliphatic heterocycles. The van der Waals surface area contributed by atoms with E-state index in [9.17, 15) is 29.1 Å². The number of alkyl carbamates (subject to hydrolysis) is 1. The Morgan fingerprint density at radius 1 is 1.15 bits per heavy atom. The van der Waals surface area contributed by atoms with Crippen molar-refractivity contribution in [3.05, 3.63) is 42.2 Å². The van der Waals surface area contributed by atoms with Gasteiger partial charge in [-0.2, -0.15) is 0 Å². The van der Waals surface area contributed by atoms with Gasteiger partial charge in [0.1, 0.15) is 23.7 Å². The second kappa shape index (κ2) is 13.3. The fourth-order valence-electron chi connectivity index (χ4n) is 6.74. The molecule has 250 valence electrons. The number of carboxylic acids is 1. The third-order valence-electron chi connectivity index (χ3n) is 9.43. The molecule has 0 aromatic carbocycles. The summed E-state index contributed by atoms with van der Waals surface area (Å²) in [5, 5.41) is 15.4. The molecule has 0 unspecified atom stereocenters. The number of aromatic nitrogens is 1. The molecule has 3 heterocycles. The van der Waals surface area contributed by atoms with Crippen LogP contribution in [0.3, 0.4) is 0 Å². The molecule has 13 nitrogen and oxygen atoms in total. The maximum absolute atomic E-state index is 14.4. The highest BCUT2D eigenvalue weighted by atomic mass is 16.6. The van der Waals surface area contributed by atoms with Gasteiger partial charge in [0.05, 0.1) is 19.7 Å². The monoisotopic (exact) mass is 639 g/mol. The van der Waals surface area contributed by atoms with Crippen LogP contribution in [0.25, 0.3) is 0 Å². The normalized spacial score (nSPS) is 26.5. The van der Waals surface area contributed by atoms with Gasteiger partial charge >= 0.3 is 18.2 Å². The van der Waals surface area contributed by atoms with Crippen molar-refractivity contribution in [3.8, 4) is 0 Å². The number of likely N-dealkylation sites (tertiary alicyclic amines) is 1. The molecule has 0 radical (unpaired) electrons. The van der Waals surface area contributed by atoms with Crippen LogP contribution in [0.15, 0.2) is 31.1 Å². The van der Waals surface area contributed by atoms with E-state index >= 15 is 0 Å². The number of hydrogen-bond acceptors (Lipinski definition) is 8. The van der Waals surface area contributed by atoms with E-state index in [2.05, 4.69) is 22.2 Å². The third kappa shape index (κ3) is 7.28. The molecule has 3 fully saturated rings. The maximum Gasteiger partial charge on any atom is 0.410 e. The zero-order valence-electron chi connectivity index (χ0n) is 26.8. The van der Waals surface area contributed by atoms with Gasteiger partial charge in [-0.1, -0.05) is 46.1 Å². The van der Waals surface area contributed by atoms with Gasteiger partial charge < -0.3 is 30.1 Å². The van der Waals surface area contributed by atoms with Gasteiger partial charge in [0.25, 0.3) is 0 Å². The fourth-order valence-corrected chi connectivity index (χ4v) is 6.74. The van der Waals surface area contributed by atoms with Crippen molar-refractivity contribution in [1.29, 1.82) is 0 Å². The van der Waals surface area contributed by atoms with Crippen LogP contribution in [-0.4, -0.2) is 86.7 Å². The molecule has 1 aromatic heterocycles. The van der Waals surface area contributed by atoms with E-state index in [0.29, 0.717) is 25.9 Å². The topological polar surface area (TPSA) is 167 Å². The summed E-state index contributed by atoms with van der Waals surface area (Å²) in [6.07, 6.45) is 7.14. The second-order valence-corrected chi connectivity index (χ2v) is 14.2. The first-order chi connectivity index (χ1) is 21.8. The standard InChI is InChI=1S/C33H45N5O8/c1-5-23-14-33(23,29(41)42)36-27(39)25-13-24(46-31(44)37-16-21-11-12-34-15-22(21)17-37)18-38(25)28(40)26(20-9-7-6-8-10-20)35-30(43)45-19-32(2,3)4/h5,11-12,15,20,23-26H,1,6-10,13-14,16-19H2,2-4H3,(H,35,43)(H,36,39)(H,41,42)/t23-,24-,25+,26+,33-/m1/s1. The number of aliphatic carboxylic acids is 1. The Kier molecular flexibility index (Phi) is 9.59. The van der Waals surface area contributed by atoms with Gasteiger partial charge in [-0.15, -0.1) is 6.58 Å². The van der Waals surface area contributed by atoms with Crippen LogP contribution in [0.2, 0.25) is 0 Å². The Labute approximate surface area is 269 Å². The van der Waals surface area contributed by atoms with Crippen molar-refractivity contribution >= 4 is 30.0 Å². The minimum Gasteiger partial charge on any atom is -0.479 e. The first kappa shape index (κ1) is 33.2. The van der Waals surface area contributed by atoms with Crippen molar-refractivity contribution in [2.75, 3.05) is 13.2 Å². The van der Waals surface area contributed by atoms with Crippen LogP contribution in [0, 0.1) is 17.3 Å². The van der Waals surface area contributed by atoms with Crippen LogP contribution >= 0.6 is 0 Å². The van der Waals surface area contributed by atoms with E-state index in [1.807, 2.05) is 26.8 Å².